The molecule has 0 fully saturated rings. The molecule has 0 bridgehead atoms. The summed E-state index contributed by atoms with van der Waals surface area (Å²) in [6, 6.07) is 10.1. The Bertz CT molecular complexity index is 596. The molecule has 2 rings (SSSR count). The van der Waals surface area contributed by atoms with Crippen molar-refractivity contribution in [2.45, 2.75) is 0 Å². The van der Waals surface area contributed by atoms with E-state index in [-0.39, 0.29) is 11.6 Å². The fourth-order valence-corrected chi connectivity index (χ4v) is 1.99. The van der Waals surface area contributed by atoms with Crippen LogP contribution in [0.5, 0.6) is 0 Å². The number of halogens is 2. The number of anilines is 2. The molecular formula is C13H11Cl2N3O. The van der Waals surface area contributed by atoms with Crippen LogP contribution in [0.25, 0.3) is 0 Å². The first kappa shape index (κ1) is 13.6. The maximum Gasteiger partial charge on any atom is 0.274 e. The number of carbonyl (C=O) groups is 1. The quantitative estimate of drug-likeness (QED) is 0.908. The first-order valence-corrected chi connectivity index (χ1v) is 6.27. The normalized spacial score (nSPS) is 10.1. The lowest BCUT2D eigenvalue weighted by Gasteiger charge is -2.09. The average molecular weight is 296 g/mol. The maximum absolute atomic E-state index is 12.1. The summed E-state index contributed by atoms with van der Waals surface area (Å²) in [5.41, 5.74) is 0.662. The van der Waals surface area contributed by atoms with Gasteiger partial charge in [-0.15, -0.1) is 0 Å². The van der Waals surface area contributed by atoms with Crippen LogP contribution >= 0.6 is 23.2 Å². The first-order valence-electron chi connectivity index (χ1n) is 5.52. The molecule has 0 atom stereocenters. The van der Waals surface area contributed by atoms with Gasteiger partial charge in [0.2, 0.25) is 0 Å². The van der Waals surface area contributed by atoms with Gasteiger partial charge in [0.05, 0.1) is 15.7 Å². The van der Waals surface area contributed by atoms with E-state index < -0.39 is 0 Å². The molecule has 1 aromatic carbocycles. The van der Waals surface area contributed by atoms with E-state index in [0.717, 1.165) is 0 Å². The second-order valence-corrected chi connectivity index (χ2v) is 4.52. The lowest BCUT2D eigenvalue weighted by molar-refractivity contribution is 0.102. The van der Waals surface area contributed by atoms with E-state index in [1.807, 2.05) is 0 Å². The number of nitrogens with zero attached hydrogens (tertiary/aromatic N) is 1. The summed E-state index contributed by atoms with van der Waals surface area (Å²) < 4.78 is 0. The molecule has 4 nitrogen and oxygen atoms in total. The first-order chi connectivity index (χ1) is 9.11. The highest BCUT2D eigenvalue weighted by atomic mass is 35.5. The molecule has 1 heterocycles. The van der Waals surface area contributed by atoms with Crippen LogP contribution in [0.3, 0.4) is 0 Å². The summed E-state index contributed by atoms with van der Waals surface area (Å²) in [5.74, 6) is 0.241. The van der Waals surface area contributed by atoms with E-state index in [1.165, 1.54) is 0 Å². The van der Waals surface area contributed by atoms with Crippen molar-refractivity contribution in [3.8, 4) is 0 Å². The topological polar surface area (TPSA) is 54.0 Å². The maximum atomic E-state index is 12.1. The fraction of sp³-hybridized carbons (Fsp3) is 0.0769. The summed E-state index contributed by atoms with van der Waals surface area (Å²) in [6.45, 7) is 0. The molecule has 6 heteroatoms. The minimum Gasteiger partial charge on any atom is -0.373 e. The molecular weight excluding hydrogens is 285 g/mol. The third-order valence-electron chi connectivity index (χ3n) is 2.44. The number of benzene rings is 1. The molecule has 0 aliphatic rings. The van der Waals surface area contributed by atoms with Crippen molar-refractivity contribution >= 4 is 40.6 Å². The Balaban J connectivity index is 2.25. The molecule has 2 aromatic rings. The van der Waals surface area contributed by atoms with Crippen molar-refractivity contribution in [1.82, 2.24) is 4.98 Å². The van der Waals surface area contributed by atoms with Crippen LogP contribution in [0.1, 0.15) is 10.5 Å². The smallest absolute Gasteiger partial charge is 0.274 e. The third kappa shape index (κ3) is 3.16. The Hall–Kier alpha value is -1.78. The van der Waals surface area contributed by atoms with Crippen molar-refractivity contribution in [2.24, 2.45) is 0 Å². The number of nitrogens with one attached hydrogen (secondary N) is 2. The van der Waals surface area contributed by atoms with Gasteiger partial charge in [-0.25, -0.2) is 4.98 Å². The molecule has 1 aromatic heterocycles. The molecule has 0 aliphatic carbocycles. The monoisotopic (exact) mass is 295 g/mol. The Morgan fingerprint density at radius 1 is 1.11 bits per heavy atom. The van der Waals surface area contributed by atoms with Gasteiger partial charge in [0.25, 0.3) is 5.91 Å². The van der Waals surface area contributed by atoms with E-state index in [9.17, 15) is 4.79 Å². The number of hydrogen-bond acceptors (Lipinski definition) is 3. The van der Waals surface area contributed by atoms with Gasteiger partial charge < -0.3 is 10.6 Å². The summed E-state index contributed by atoms with van der Waals surface area (Å²) in [5, 5.41) is 6.28. The predicted octanol–water partition coefficient (Wildman–Crippen LogP) is 3.68. The van der Waals surface area contributed by atoms with Gasteiger partial charge in [-0.3, -0.25) is 4.79 Å². The van der Waals surface area contributed by atoms with E-state index >= 15 is 0 Å². The SMILES string of the molecule is CNc1cccc(C(=O)Nc2c(Cl)cccc2Cl)n1. The Morgan fingerprint density at radius 2 is 1.74 bits per heavy atom. The number of pyridine rings is 1. The van der Waals surface area contributed by atoms with E-state index in [2.05, 4.69) is 15.6 Å². The summed E-state index contributed by atoms with van der Waals surface area (Å²) >= 11 is 12.0. The van der Waals surface area contributed by atoms with Gasteiger partial charge in [-0.1, -0.05) is 35.3 Å². The minimum absolute atomic E-state index is 0.280. The second-order valence-electron chi connectivity index (χ2n) is 3.71. The minimum atomic E-state index is -0.368. The zero-order valence-corrected chi connectivity index (χ0v) is 11.6. The van der Waals surface area contributed by atoms with Crippen molar-refractivity contribution in [3.63, 3.8) is 0 Å². The van der Waals surface area contributed by atoms with Crippen LogP contribution in [0.15, 0.2) is 36.4 Å². The van der Waals surface area contributed by atoms with Crippen LogP contribution in [0, 0.1) is 0 Å². The number of hydrogen-bond donors (Lipinski definition) is 2. The second kappa shape index (κ2) is 5.91. The van der Waals surface area contributed by atoms with Crippen LogP contribution in [-0.4, -0.2) is 17.9 Å². The predicted molar refractivity (Wildman–Crippen MR) is 78.2 cm³/mol. The zero-order chi connectivity index (χ0) is 13.8. The van der Waals surface area contributed by atoms with Crippen molar-refractivity contribution in [2.75, 3.05) is 17.7 Å². The van der Waals surface area contributed by atoms with Gasteiger partial charge in [0.15, 0.2) is 0 Å². The van der Waals surface area contributed by atoms with E-state index in [1.54, 1.807) is 43.4 Å². The molecule has 0 spiro atoms. The third-order valence-corrected chi connectivity index (χ3v) is 3.07. The van der Waals surface area contributed by atoms with Crippen molar-refractivity contribution < 1.29 is 4.79 Å². The summed E-state index contributed by atoms with van der Waals surface area (Å²) in [7, 11) is 1.73. The van der Waals surface area contributed by atoms with E-state index in [4.69, 9.17) is 23.2 Å². The fourth-order valence-electron chi connectivity index (χ4n) is 1.50. The highest BCUT2D eigenvalue weighted by Gasteiger charge is 2.12. The van der Waals surface area contributed by atoms with Gasteiger partial charge in [-0.2, -0.15) is 0 Å². The van der Waals surface area contributed by atoms with Crippen molar-refractivity contribution in [3.05, 3.63) is 52.1 Å². The number of aromatic nitrogens is 1. The average Bonchev–Trinajstić information content (AvgIpc) is 2.43. The molecule has 2 N–H and O–H groups in total. The van der Waals surface area contributed by atoms with Gasteiger partial charge in [0.1, 0.15) is 11.5 Å². The van der Waals surface area contributed by atoms with Crippen LogP contribution < -0.4 is 10.6 Å². The van der Waals surface area contributed by atoms with Crippen LogP contribution in [0.4, 0.5) is 11.5 Å². The van der Waals surface area contributed by atoms with Crippen LogP contribution in [-0.2, 0) is 0 Å². The molecule has 19 heavy (non-hydrogen) atoms. The number of carbonyl (C=O) groups excluding carboxylic acids is 1. The molecule has 98 valence electrons. The van der Waals surface area contributed by atoms with Gasteiger partial charge in [-0.05, 0) is 24.3 Å². The molecule has 1 amide bonds. The molecule has 0 aliphatic heterocycles. The van der Waals surface area contributed by atoms with Crippen molar-refractivity contribution in [1.29, 1.82) is 0 Å². The standard InChI is InChI=1S/C13H11Cl2N3O/c1-16-11-7-3-6-10(17-11)13(19)18-12-8(14)4-2-5-9(12)15/h2-7H,1H3,(H,16,17)(H,18,19). The highest BCUT2D eigenvalue weighted by molar-refractivity contribution is 6.39. The number of para-hydroxylation sites is 1. The molecule has 0 saturated heterocycles. The van der Waals surface area contributed by atoms with Gasteiger partial charge in [0, 0.05) is 7.05 Å². The van der Waals surface area contributed by atoms with Gasteiger partial charge >= 0.3 is 0 Å². The molecule has 0 radical (unpaired) electrons. The van der Waals surface area contributed by atoms with E-state index in [0.29, 0.717) is 21.6 Å². The largest absolute Gasteiger partial charge is 0.373 e. The molecule has 0 unspecified atom stereocenters. The summed E-state index contributed by atoms with van der Waals surface area (Å²) in [6.07, 6.45) is 0. The molecule has 0 saturated carbocycles. The van der Waals surface area contributed by atoms with Crippen LogP contribution in [0.2, 0.25) is 10.0 Å². The Morgan fingerprint density at radius 3 is 2.37 bits per heavy atom. The Kier molecular flexibility index (Phi) is 4.24. The summed E-state index contributed by atoms with van der Waals surface area (Å²) in [4.78, 5) is 16.2. The lowest BCUT2D eigenvalue weighted by atomic mass is 10.3. The number of rotatable bonds is 3. The lowest BCUT2D eigenvalue weighted by Crippen LogP contribution is -2.14. The highest BCUT2D eigenvalue weighted by Crippen LogP contribution is 2.30. The number of amides is 1. The zero-order valence-electron chi connectivity index (χ0n) is 10.1. The Labute approximate surface area is 120 Å².